The van der Waals surface area contributed by atoms with Crippen molar-refractivity contribution in [1.29, 1.82) is 0 Å². The molecule has 1 fully saturated rings. The van der Waals surface area contributed by atoms with E-state index in [0.717, 1.165) is 17.8 Å². The quantitative estimate of drug-likeness (QED) is 0.884. The lowest BCUT2D eigenvalue weighted by molar-refractivity contribution is -0.119. The number of ether oxygens (including phenoxy) is 1. The van der Waals surface area contributed by atoms with Crippen molar-refractivity contribution in [3.8, 4) is 0 Å². The van der Waals surface area contributed by atoms with E-state index in [1.807, 2.05) is 18.2 Å². The first kappa shape index (κ1) is 13.7. The third-order valence-electron chi connectivity index (χ3n) is 3.78. The van der Waals surface area contributed by atoms with E-state index in [1.165, 1.54) is 12.5 Å². The number of amides is 2. The SMILES string of the molecule is CC(=O)NC[C@H]1CN(c2ccc3c(c2)C[C@H](C)N3)C(=O)O1. The van der Waals surface area contributed by atoms with Crippen LogP contribution in [0.3, 0.4) is 0 Å². The van der Waals surface area contributed by atoms with Crippen LogP contribution < -0.4 is 15.5 Å². The highest BCUT2D eigenvalue weighted by atomic mass is 16.6. The van der Waals surface area contributed by atoms with E-state index < -0.39 is 0 Å². The molecule has 1 aromatic rings. The molecule has 0 saturated carbocycles. The Morgan fingerprint density at radius 1 is 1.52 bits per heavy atom. The van der Waals surface area contributed by atoms with Crippen LogP contribution >= 0.6 is 0 Å². The molecule has 2 aliphatic heterocycles. The van der Waals surface area contributed by atoms with Gasteiger partial charge in [-0.2, -0.15) is 0 Å². The van der Waals surface area contributed by atoms with E-state index >= 15 is 0 Å². The van der Waals surface area contributed by atoms with Crippen molar-refractivity contribution in [3.63, 3.8) is 0 Å². The van der Waals surface area contributed by atoms with Gasteiger partial charge < -0.3 is 15.4 Å². The number of anilines is 2. The molecule has 2 atom stereocenters. The number of fused-ring (bicyclic) bond motifs is 1. The van der Waals surface area contributed by atoms with Gasteiger partial charge in [-0.05, 0) is 37.1 Å². The van der Waals surface area contributed by atoms with E-state index in [-0.39, 0.29) is 18.1 Å². The summed E-state index contributed by atoms with van der Waals surface area (Å²) in [4.78, 5) is 24.5. The number of benzene rings is 1. The molecule has 0 spiro atoms. The average molecular weight is 289 g/mol. The fourth-order valence-electron chi connectivity index (χ4n) is 2.80. The molecule has 1 saturated heterocycles. The minimum absolute atomic E-state index is 0.123. The van der Waals surface area contributed by atoms with E-state index in [1.54, 1.807) is 4.90 Å². The summed E-state index contributed by atoms with van der Waals surface area (Å²) in [5.41, 5.74) is 3.20. The molecule has 6 heteroatoms. The third-order valence-corrected chi connectivity index (χ3v) is 3.78. The lowest BCUT2D eigenvalue weighted by atomic mass is 10.1. The minimum atomic E-state index is -0.357. The highest BCUT2D eigenvalue weighted by molar-refractivity contribution is 5.90. The Balaban J connectivity index is 1.71. The molecule has 3 rings (SSSR count). The molecule has 0 aliphatic carbocycles. The van der Waals surface area contributed by atoms with Gasteiger partial charge in [-0.25, -0.2) is 4.79 Å². The van der Waals surface area contributed by atoms with Crippen LogP contribution in [0.5, 0.6) is 0 Å². The van der Waals surface area contributed by atoms with Gasteiger partial charge in [0.15, 0.2) is 0 Å². The molecule has 2 heterocycles. The first-order valence-electron chi connectivity index (χ1n) is 7.15. The van der Waals surface area contributed by atoms with Gasteiger partial charge in [0.1, 0.15) is 6.10 Å². The van der Waals surface area contributed by atoms with E-state index in [0.29, 0.717) is 19.1 Å². The number of cyclic esters (lactones) is 1. The summed E-state index contributed by atoms with van der Waals surface area (Å²) in [5, 5.41) is 6.06. The maximum Gasteiger partial charge on any atom is 0.414 e. The highest BCUT2D eigenvalue weighted by Crippen LogP contribution is 2.31. The number of carbonyl (C=O) groups excluding carboxylic acids is 2. The molecule has 0 unspecified atom stereocenters. The largest absolute Gasteiger partial charge is 0.442 e. The van der Waals surface area contributed by atoms with Gasteiger partial charge in [0, 0.05) is 24.3 Å². The molecule has 0 aromatic heterocycles. The lowest BCUT2D eigenvalue weighted by Crippen LogP contribution is -2.33. The van der Waals surface area contributed by atoms with Crippen molar-refractivity contribution in [2.24, 2.45) is 0 Å². The van der Waals surface area contributed by atoms with Gasteiger partial charge in [-0.1, -0.05) is 0 Å². The molecule has 1 aromatic carbocycles. The van der Waals surface area contributed by atoms with Gasteiger partial charge in [0.25, 0.3) is 0 Å². The Kier molecular flexibility index (Phi) is 3.45. The van der Waals surface area contributed by atoms with Crippen LogP contribution in [0.1, 0.15) is 19.4 Å². The smallest absolute Gasteiger partial charge is 0.414 e. The number of nitrogens with zero attached hydrogens (tertiary/aromatic N) is 1. The molecule has 112 valence electrons. The summed E-state index contributed by atoms with van der Waals surface area (Å²) in [6, 6.07) is 6.39. The van der Waals surface area contributed by atoms with Gasteiger partial charge in [0.2, 0.25) is 5.91 Å². The molecular formula is C15H19N3O3. The summed E-state index contributed by atoms with van der Waals surface area (Å²) < 4.78 is 5.28. The zero-order valence-electron chi connectivity index (χ0n) is 12.2. The van der Waals surface area contributed by atoms with Crippen molar-refractivity contribution in [3.05, 3.63) is 23.8 Å². The standard InChI is InChI=1S/C15H19N3O3/c1-9-5-11-6-12(3-4-14(11)17-9)18-8-13(21-15(18)20)7-16-10(2)19/h3-4,6,9,13,17H,5,7-8H2,1-2H3,(H,16,19)/t9-,13-/m0/s1. The number of carbonyl (C=O) groups is 2. The van der Waals surface area contributed by atoms with Crippen LogP contribution in [0.4, 0.5) is 16.2 Å². The predicted octanol–water partition coefficient (Wildman–Crippen LogP) is 1.50. The van der Waals surface area contributed by atoms with Crippen LogP contribution in [0.15, 0.2) is 18.2 Å². The Morgan fingerprint density at radius 2 is 2.33 bits per heavy atom. The Bertz CT molecular complexity index is 588. The summed E-state index contributed by atoms with van der Waals surface area (Å²) in [5.74, 6) is -0.123. The average Bonchev–Trinajstić information content (AvgIpc) is 2.97. The number of hydrogen-bond acceptors (Lipinski definition) is 4. The third kappa shape index (κ3) is 2.79. The molecule has 21 heavy (non-hydrogen) atoms. The maximum atomic E-state index is 12.0. The molecule has 2 amide bonds. The van der Waals surface area contributed by atoms with Gasteiger partial charge in [-0.15, -0.1) is 0 Å². The second-order valence-corrected chi connectivity index (χ2v) is 5.64. The first-order valence-corrected chi connectivity index (χ1v) is 7.15. The molecule has 2 aliphatic rings. The summed E-state index contributed by atoms with van der Waals surface area (Å²) >= 11 is 0. The van der Waals surface area contributed by atoms with Crippen molar-refractivity contribution in [1.82, 2.24) is 5.32 Å². The number of nitrogens with one attached hydrogen (secondary N) is 2. The van der Waals surface area contributed by atoms with Crippen LogP contribution in [0, 0.1) is 0 Å². The van der Waals surface area contributed by atoms with Gasteiger partial charge >= 0.3 is 6.09 Å². The Morgan fingerprint density at radius 3 is 3.10 bits per heavy atom. The fourth-order valence-corrected chi connectivity index (χ4v) is 2.80. The predicted molar refractivity (Wildman–Crippen MR) is 79.5 cm³/mol. The van der Waals surface area contributed by atoms with Crippen molar-refractivity contribution in [2.75, 3.05) is 23.3 Å². The molecule has 6 nitrogen and oxygen atoms in total. The van der Waals surface area contributed by atoms with Gasteiger partial charge in [0.05, 0.1) is 13.1 Å². The molecule has 0 radical (unpaired) electrons. The van der Waals surface area contributed by atoms with E-state index in [4.69, 9.17) is 4.74 Å². The topological polar surface area (TPSA) is 70.7 Å². The zero-order chi connectivity index (χ0) is 15.0. The second-order valence-electron chi connectivity index (χ2n) is 5.64. The lowest BCUT2D eigenvalue weighted by Gasteiger charge is -2.14. The normalized spacial score (nSPS) is 23.5. The first-order chi connectivity index (χ1) is 10.0. The van der Waals surface area contributed by atoms with Crippen molar-refractivity contribution < 1.29 is 14.3 Å². The molecule has 2 N–H and O–H groups in total. The van der Waals surface area contributed by atoms with Crippen LogP contribution in [-0.4, -0.2) is 37.2 Å². The van der Waals surface area contributed by atoms with E-state index in [2.05, 4.69) is 17.6 Å². The molecular weight excluding hydrogens is 270 g/mol. The molecule has 0 bridgehead atoms. The summed E-state index contributed by atoms with van der Waals surface area (Å²) in [6.45, 7) is 4.39. The zero-order valence-corrected chi connectivity index (χ0v) is 12.2. The monoisotopic (exact) mass is 289 g/mol. The van der Waals surface area contributed by atoms with Crippen LogP contribution in [0.25, 0.3) is 0 Å². The Labute approximate surface area is 123 Å². The Hall–Kier alpha value is -2.24. The summed E-state index contributed by atoms with van der Waals surface area (Å²) in [7, 11) is 0. The highest BCUT2D eigenvalue weighted by Gasteiger charge is 2.33. The van der Waals surface area contributed by atoms with Crippen molar-refractivity contribution >= 4 is 23.4 Å². The van der Waals surface area contributed by atoms with Gasteiger partial charge in [-0.3, -0.25) is 9.69 Å². The maximum absolute atomic E-state index is 12.0. The van der Waals surface area contributed by atoms with E-state index in [9.17, 15) is 9.59 Å². The summed E-state index contributed by atoms with van der Waals surface area (Å²) in [6.07, 6.45) is 0.303. The fraction of sp³-hybridized carbons (Fsp3) is 0.467. The van der Waals surface area contributed by atoms with Crippen molar-refractivity contribution in [2.45, 2.75) is 32.4 Å². The van der Waals surface area contributed by atoms with Crippen LogP contribution in [-0.2, 0) is 16.0 Å². The number of rotatable bonds is 3. The second kappa shape index (κ2) is 5.27. The van der Waals surface area contributed by atoms with Crippen LogP contribution in [0.2, 0.25) is 0 Å². The minimum Gasteiger partial charge on any atom is -0.442 e. The number of hydrogen-bond donors (Lipinski definition) is 2.